The fraction of sp³-hybridized carbons (Fsp3) is 0.250. The zero-order chi connectivity index (χ0) is 12.1. The summed E-state index contributed by atoms with van der Waals surface area (Å²) in [4.78, 5) is 0. The first kappa shape index (κ1) is 11.7. The van der Waals surface area contributed by atoms with E-state index in [4.69, 9.17) is 4.74 Å². The Morgan fingerprint density at radius 2 is 1.59 bits per heavy atom. The first-order valence-electron chi connectivity index (χ1n) is 5.96. The van der Waals surface area contributed by atoms with Gasteiger partial charge >= 0.3 is 0 Å². The Hall–Kier alpha value is -1.76. The molecule has 17 heavy (non-hydrogen) atoms. The van der Waals surface area contributed by atoms with Gasteiger partial charge in [-0.2, -0.15) is 0 Å². The maximum absolute atomic E-state index is 5.22. The molecule has 0 aliphatic rings. The number of hydrogen-bond acceptors (Lipinski definition) is 1. The molecule has 0 spiro atoms. The number of aryl methyl sites for hydroxylation is 3. The summed E-state index contributed by atoms with van der Waals surface area (Å²) in [6.45, 7) is 2.12. The standard InChI is InChI=1S/C16H18O/c1-13-6-8-14(9-7-13)10-11-15-4-3-5-16(12-15)17-2/h3-9,12H,10-11H2,1-2H3. The summed E-state index contributed by atoms with van der Waals surface area (Å²) in [5, 5.41) is 0. The lowest BCUT2D eigenvalue weighted by Gasteiger charge is -2.05. The zero-order valence-electron chi connectivity index (χ0n) is 10.4. The fourth-order valence-electron chi connectivity index (χ4n) is 1.87. The average molecular weight is 226 g/mol. The Labute approximate surface area is 103 Å². The van der Waals surface area contributed by atoms with E-state index in [1.807, 2.05) is 12.1 Å². The molecule has 2 aromatic rings. The molecule has 0 bridgehead atoms. The second-order valence-corrected chi connectivity index (χ2v) is 4.34. The molecule has 0 fully saturated rings. The number of ether oxygens (including phenoxy) is 1. The Morgan fingerprint density at radius 3 is 2.29 bits per heavy atom. The number of benzene rings is 2. The molecule has 0 unspecified atom stereocenters. The minimum Gasteiger partial charge on any atom is -0.497 e. The van der Waals surface area contributed by atoms with Crippen molar-refractivity contribution in [1.82, 2.24) is 0 Å². The average Bonchev–Trinajstić information content (AvgIpc) is 2.38. The van der Waals surface area contributed by atoms with E-state index in [2.05, 4.69) is 43.3 Å². The Bertz CT molecular complexity index is 471. The Balaban J connectivity index is 1.99. The third kappa shape index (κ3) is 3.35. The molecule has 0 aliphatic heterocycles. The molecule has 0 saturated carbocycles. The van der Waals surface area contributed by atoms with E-state index in [0.29, 0.717) is 0 Å². The molecule has 0 heterocycles. The molecule has 0 aromatic heterocycles. The number of hydrogen-bond donors (Lipinski definition) is 0. The first-order chi connectivity index (χ1) is 8.28. The summed E-state index contributed by atoms with van der Waals surface area (Å²) in [7, 11) is 1.71. The van der Waals surface area contributed by atoms with Crippen LogP contribution in [0.1, 0.15) is 16.7 Å². The summed E-state index contributed by atoms with van der Waals surface area (Å²) in [6.07, 6.45) is 2.13. The van der Waals surface area contributed by atoms with E-state index in [-0.39, 0.29) is 0 Å². The molecule has 0 radical (unpaired) electrons. The summed E-state index contributed by atoms with van der Waals surface area (Å²) in [5.74, 6) is 0.936. The largest absolute Gasteiger partial charge is 0.497 e. The van der Waals surface area contributed by atoms with Crippen LogP contribution in [0.15, 0.2) is 48.5 Å². The van der Waals surface area contributed by atoms with Gasteiger partial charge in [0.25, 0.3) is 0 Å². The van der Waals surface area contributed by atoms with E-state index in [1.165, 1.54) is 16.7 Å². The number of rotatable bonds is 4. The highest BCUT2D eigenvalue weighted by atomic mass is 16.5. The summed E-state index contributed by atoms with van der Waals surface area (Å²) < 4.78 is 5.22. The topological polar surface area (TPSA) is 9.23 Å². The first-order valence-corrected chi connectivity index (χ1v) is 5.96. The van der Waals surface area contributed by atoms with Crippen molar-refractivity contribution < 1.29 is 4.74 Å². The molecule has 0 aliphatic carbocycles. The van der Waals surface area contributed by atoms with E-state index in [1.54, 1.807) is 7.11 Å². The maximum Gasteiger partial charge on any atom is 0.119 e. The SMILES string of the molecule is COc1cccc(CCc2ccc(C)cc2)c1. The molecule has 1 heteroatoms. The van der Waals surface area contributed by atoms with Crippen LogP contribution in [0.4, 0.5) is 0 Å². The van der Waals surface area contributed by atoms with Gasteiger partial charge in [-0.3, -0.25) is 0 Å². The predicted molar refractivity (Wildman–Crippen MR) is 71.6 cm³/mol. The molecule has 0 N–H and O–H groups in total. The highest BCUT2D eigenvalue weighted by molar-refractivity contribution is 5.29. The molecular weight excluding hydrogens is 208 g/mol. The van der Waals surface area contributed by atoms with Crippen LogP contribution in [-0.4, -0.2) is 7.11 Å². The van der Waals surface area contributed by atoms with Crippen molar-refractivity contribution in [1.29, 1.82) is 0 Å². The van der Waals surface area contributed by atoms with Crippen molar-refractivity contribution >= 4 is 0 Å². The van der Waals surface area contributed by atoms with Gasteiger partial charge in [0.15, 0.2) is 0 Å². The normalized spacial score (nSPS) is 10.2. The van der Waals surface area contributed by atoms with Gasteiger partial charge in [0.1, 0.15) is 5.75 Å². The van der Waals surface area contributed by atoms with E-state index >= 15 is 0 Å². The molecule has 1 nitrogen and oxygen atoms in total. The summed E-state index contributed by atoms with van der Waals surface area (Å²) in [5.41, 5.74) is 4.03. The molecule has 0 saturated heterocycles. The van der Waals surface area contributed by atoms with Crippen molar-refractivity contribution in [3.63, 3.8) is 0 Å². The van der Waals surface area contributed by atoms with Crippen LogP contribution in [0.3, 0.4) is 0 Å². The fourth-order valence-corrected chi connectivity index (χ4v) is 1.87. The van der Waals surface area contributed by atoms with Gasteiger partial charge in [-0.1, -0.05) is 42.0 Å². The van der Waals surface area contributed by atoms with Crippen molar-refractivity contribution in [2.24, 2.45) is 0 Å². The second-order valence-electron chi connectivity index (χ2n) is 4.34. The smallest absolute Gasteiger partial charge is 0.119 e. The van der Waals surface area contributed by atoms with Crippen LogP contribution in [-0.2, 0) is 12.8 Å². The third-order valence-electron chi connectivity index (χ3n) is 2.96. The highest BCUT2D eigenvalue weighted by Gasteiger charge is 1.97. The minimum absolute atomic E-state index is 0.936. The van der Waals surface area contributed by atoms with Gasteiger partial charge in [0.05, 0.1) is 7.11 Å². The van der Waals surface area contributed by atoms with Crippen LogP contribution in [0.2, 0.25) is 0 Å². The van der Waals surface area contributed by atoms with Crippen LogP contribution < -0.4 is 4.74 Å². The highest BCUT2D eigenvalue weighted by Crippen LogP contribution is 2.15. The zero-order valence-corrected chi connectivity index (χ0v) is 10.4. The monoisotopic (exact) mass is 226 g/mol. The van der Waals surface area contributed by atoms with Crippen LogP contribution in [0, 0.1) is 6.92 Å². The van der Waals surface area contributed by atoms with Crippen molar-refractivity contribution in [3.05, 3.63) is 65.2 Å². The minimum atomic E-state index is 0.936. The summed E-state index contributed by atoms with van der Waals surface area (Å²) in [6, 6.07) is 17.0. The van der Waals surface area contributed by atoms with Crippen LogP contribution in [0.25, 0.3) is 0 Å². The van der Waals surface area contributed by atoms with Crippen LogP contribution >= 0.6 is 0 Å². The van der Waals surface area contributed by atoms with Gasteiger partial charge in [-0.25, -0.2) is 0 Å². The molecule has 0 amide bonds. The summed E-state index contributed by atoms with van der Waals surface area (Å²) >= 11 is 0. The maximum atomic E-state index is 5.22. The Kier molecular flexibility index (Phi) is 3.81. The molecule has 2 rings (SSSR count). The molecular formula is C16H18O. The third-order valence-corrected chi connectivity index (χ3v) is 2.96. The van der Waals surface area contributed by atoms with Gasteiger partial charge < -0.3 is 4.74 Å². The second kappa shape index (κ2) is 5.53. The lowest BCUT2D eigenvalue weighted by atomic mass is 10.0. The van der Waals surface area contributed by atoms with Crippen molar-refractivity contribution in [2.45, 2.75) is 19.8 Å². The van der Waals surface area contributed by atoms with E-state index in [0.717, 1.165) is 18.6 Å². The van der Waals surface area contributed by atoms with E-state index in [9.17, 15) is 0 Å². The Morgan fingerprint density at radius 1 is 0.882 bits per heavy atom. The van der Waals surface area contributed by atoms with Crippen LogP contribution in [0.5, 0.6) is 5.75 Å². The lowest BCUT2D eigenvalue weighted by molar-refractivity contribution is 0.414. The lowest BCUT2D eigenvalue weighted by Crippen LogP contribution is -1.92. The van der Waals surface area contributed by atoms with Gasteiger partial charge in [-0.15, -0.1) is 0 Å². The van der Waals surface area contributed by atoms with E-state index < -0.39 is 0 Å². The van der Waals surface area contributed by atoms with Crippen molar-refractivity contribution in [3.8, 4) is 5.75 Å². The molecule has 0 atom stereocenters. The van der Waals surface area contributed by atoms with Gasteiger partial charge in [0, 0.05) is 0 Å². The number of methoxy groups -OCH3 is 1. The molecule has 88 valence electrons. The van der Waals surface area contributed by atoms with Gasteiger partial charge in [0.2, 0.25) is 0 Å². The predicted octanol–water partition coefficient (Wildman–Crippen LogP) is 3.79. The quantitative estimate of drug-likeness (QED) is 0.770. The van der Waals surface area contributed by atoms with Gasteiger partial charge in [-0.05, 0) is 43.0 Å². The molecule has 2 aromatic carbocycles. The van der Waals surface area contributed by atoms with Crippen molar-refractivity contribution in [2.75, 3.05) is 7.11 Å².